The average molecular weight is 277 g/mol. The second kappa shape index (κ2) is 8.98. The minimum Gasteiger partial charge on any atom is -0.399 e. The second-order valence-electron chi connectivity index (χ2n) is 4.28. The lowest BCUT2D eigenvalue weighted by Gasteiger charge is -2.12. The van der Waals surface area contributed by atoms with Crippen LogP contribution in [-0.4, -0.2) is 32.2 Å². The molecule has 0 unspecified atom stereocenters. The van der Waals surface area contributed by atoms with Crippen molar-refractivity contribution in [3.8, 4) is 0 Å². The number of nitrogen functional groups attached to an aromatic ring is 1. The summed E-state index contributed by atoms with van der Waals surface area (Å²) in [5.74, 6) is -0.109. The fourth-order valence-corrected chi connectivity index (χ4v) is 1.69. The molecule has 0 saturated carbocycles. The molecule has 110 valence electrons. The third-order valence-electron chi connectivity index (χ3n) is 2.65. The van der Waals surface area contributed by atoms with Crippen molar-refractivity contribution in [2.24, 2.45) is 0 Å². The molecular weight excluding hydrogens is 254 g/mol. The Morgan fingerprint density at radius 2 is 2.25 bits per heavy atom. The molecule has 0 spiro atoms. The monoisotopic (exact) mass is 277 g/mol. The maximum absolute atomic E-state index is 11.9. The number of carbonyl (C=O) groups excluding carboxylic acids is 1. The van der Waals surface area contributed by atoms with Crippen molar-refractivity contribution in [1.82, 2.24) is 5.32 Å². The molecule has 0 aliphatic carbocycles. The zero-order valence-electron chi connectivity index (χ0n) is 11.9. The molecule has 0 atom stereocenters. The first-order chi connectivity index (χ1) is 9.69. The van der Waals surface area contributed by atoms with E-state index in [-0.39, 0.29) is 5.91 Å². The largest absolute Gasteiger partial charge is 0.399 e. The van der Waals surface area contributed by atoms with Crippen LogP contribution in [0.2, 0.25) is 0 Å². The molecule has 5 nitrogen and oxygen atoms in total. The molecule has 1 amide bonds. The van der Waals surface area contributed by atoms with E-state index in [1.54, 1.807) is 18.2 Å². The molecule has 1 rings (SSSR count). The van der Waals surface area contributed by atoms with Gasteiger partial charge in [0.25, 0.3) is 5.91 Å². The zero-order chi connectivity index (χ0) is 14.8. The number of nitrogens with one attached hydrogen (secondary N) is 2. The number of carbonyl (C=O) groups is 1. The molecule has 4 N–H and O–H groups in total. The van der Waals surface area contributed by atoms with Crippen LogP contribution in [-0.2, 0) is 4.74 Å². The van der Waals surface area contributed by atoms with Gasteiger partial charge in [0.15, 0.2) is 0 Å². The molecule has 0 aliphatic rings. The summed E-state index contributed by atoms with van der Waals surface area (Å²) >= 11 is 0. The SMILES string of the molecule is C=CCCOCCNc1cc(N)ccc1C(=O)NCC. The van der Waals surface area contributed by atoms with E-state index >= 15 is 0 Å². The second-order valence-corrected chi connectivity index (χ2v) is 4.28. The van der Waals surface area contributed by atoms with E-state index in [0.29, 0.717) is 37.6 Å². The molecule has 1 aromatic carbocycles. The van der Waals surface area contributed by atoms with Crippen molar-refractivity contribution in [2.45, 2.75) is 13.3 Å². The van der Waals surface area contributed by atoms with Crippen LogP contribution in [0.5, 0.6) is 0 Å². The third-order valence-corrected chi connectivity index (χ3v) is 2.65. The van der Waals surface area contributed by atoms with Gasteiger partial charge in [-0.05, 0) is 31.5 Å². The van der Waals surface area contributed by atoms with Crippen LogP contribution in [0.3, 0.4) is 0 Å². The summed E-state index contributed by atoms with van der Waals surface area (Å²) < 4.78 is 5.41. The fourth-order valence-electron chi connectivity index (χ4n) is 1.69. The standard InChI is InChI=1S/C15H23N3O2/c1-3-5-9-20-10-8-18-14-11-12(16)6-7-13(14)15(19)17-4-2/h3,6-7,11,18H,1,4-5,8-10,16H2,2H3,(H,17,19). The number of anilines is 2. The van der Waals surface area contributed by atoms with Gasteiger partial charge in [-0.3, -0.25) is 4.79 Å². The molecule has 0 aromatic heterocycles. The highest BCUT2D eigenvalue weighted by molar-refractivity contribution is 6.00. The Hall–Kier alpha value is -2.01. The maximum Gasteiger partial charge on any atom is 0.253 e. The third kappa shape index (κ3) is 5.32. The summed E-state index contributed by atoms with van der Waals surface area (Å²) in [5, 5.41) is 5.96. The highest BCUT2D eigenvalue weighted by atomic mass is 16.5. The molecule has 5 heteroatoms. The molecule has 20 heavy (non-hydrogen) atoms. The molecule has 0 bridgehead atoms. The van der Waals surface area contributed by atoms with Gasteiger partial charge in [-0.2, -0.15) is 0 Å². The molecular formula is C15H23N3O2. The van der Waals surface area contributed by atoms with Crippen molar-refractivity contribution >= 4 is 17.3 Å². The summed E-state index contributed by atoms with van der Waals surface area (Å²) in [6, 6.07) is 5.20. The number of hydrogen-bond acceptors (Lipinski definition) is 4. The summed E-state index contributed by atoms with van der Waals surface area (Å²) in [6.45, 7) is 7.95. The molecule has 0 radical (unpaired) electrons. The smallest absolute Gasteiger partial charge is 0.253 e. The highest BCUT2D eigenvalue weighted by Crippen LogP contribution is 2.19. The first-order valence-corrected chi connectivity index (χ1v) is 6.79. The topological polar surface area (TPSA) is 76.4 Å². The predicted molar refractivity (Wildman–Crippen MR) is 83.0 cm³/mol. The van der Waals surface area contributed by atoms with Crippen LogP contribution in [0, 0.1) is 0 Å². The van der Waals surface area contributed by atoms with Gasteiger partial charge >= 0.3 is 0 Å². The normalized spacial score (nSPS) is 10.1. The molecule has 0 saturated heterocycles. The Morgan fingerprint density at radius 3 is 2.95 bits per heavy atom. The maximum atomic E-state index is 11.9. The highest BCUT2D eigenvalue weighted by Gasteiger charge is 2.10. The molecule has 0 fully saturated rings. The quantitative estimate of drug-likeness (QED) is 0.367. The Labute approximate surface area is 120 Å². The van der Waals surface area contributed by atoms with Gasteiger partial charge in [-0.1, -0.05) is 6.08 Å². The van der Waals surface area contributed by atoms with E-state index in [2.05, 4.69) is 17.2 Å². The number of benzene rings is 1. The lowest BCUT2D eigenvalue weighted by Crippen LogP contribution is -2.24. The summed E-state index contributed by atoms with van der Waals surface area (Å²) in [5.41, 5.74) is 7.69. The minimum absolute atomic E-state index is 0.109. The van der Waals surface area contributed by atoms with Crippen molar-refractivity contribution in [3.63, 3.8) is 0 Å². The van der Waals surface area contributed by atoms with Crippen LogP contribution in [0.1, 0.15) is 23.7 Å². The number of nitrogens with two attached hydrogens (primary N) is 1. The van der Waals surface area contributed by atoms with Crippen LogP contribution in [0.4, 0.5) is 11.4 Å². The van der Waals surface area contributed by atoms with Gasteiger partial charge in [-0.25, -0.2) is 0 Å². The van der Waals surface area contributed by atoms with Crippen molar-refractivity contribution in [2.75, 3.05) is 37.4 Å². The average Bonchev–Trinajstić information content (AvgIpc) is 2.43. The van der Waals surface area contributed by atoms with Crippen LogP contribution in [0.25, 0.3) is 0 Å². The Morgan fingerprint density at radius 1 is 1.45 bits per heavy atom. The van der Waals surface area contributed by atoms with Crippen LogP contribution in [0.15, 0.2) is 30.9 Å². The van der Waals surface area contributed by atoms with Crippen molar-refractivity contribution < 1.29 is 9.53 Å². The fraction of sp³-hybridized carbons (Fsp3) is 0.400. The van der Waals surface area contributed by atoms with E-state index in [0.717, 1.165) is 12.1 Å². The Bertz CT molecular complexity index is 447. The lowest BCUT2D eigenvalue weighted by molar-refractivity contribution is 0.0956. The summed E-state index contributed by atoms with van der Waals surface area (Å²) in [6.07, 6.45) is 2.65. The van der Waals surface area contributed by atoms with E-state index in [9.17, 15) is 4.79 Å². The summed E-state index contributed by atoms with van der Waals surface area (Å²) in [7, 11) is 0. The molecule has 1 aromatic rings. The number of rotatable bonds is 9. The van der Waals surface area contributed by atoms with Gasteiger partial charge < -0.3 is 21.1 Å². The molecule has 0 heterocycles. The van der Waals surface area contributed by atoms with Crippen molar-refractivity contribution in [1.29, 1.82) is 0 Å². The number of ether oxygens (including phenoxy) is 1. The van der Waals surface area contributed by atoms with E-state index in [1.165, 1.54) is 0 Å². The predicted octanol–water partition coefficient (Wildman–Crippen LogP) is 2.02. The first-order valence-electron chi connectivity index (χ1n) is 6.79. The van der Waals surface area contributed by atoms with Gasteiger partial charge in [0.1, 0.15) is 0 Å². The zero-order valence-corrected chi connectivity index (χ0v) is 11.9. The van der Waals surface area contributed by atoms with Gasteiger partial charge in [-0.15, -0.1) is 6.58 Å². The van der Waals surface area contributed by atoms with E-state index in [4.69, 9.17) is 10.5 Å². The van der Waals surface area contributed by atoms with E-state index < -0.39 is 0 Å². The summed E-state index contributed by atoms with van der Waals surface area (Å²) in [4.78, 5) is 11.9. The Kier molecular flexibility index (Phi) is 7.21. The minimum atomic E-state index is -0.109. The lowest BCUT2D eigenvalue weighted by atomic mass is 10.1. The van der Waals surface area contributed by atoms with Crippen LogP contribution < -0.4 is 16.4 Å². The number of hydrogen-bond donors (Lipinski definition) is 3. The van der Waals surface area contributed by atoms with Crippen molar-refractivity contribution in [3.05, 3.63) is 36.4 Å². The number of amides is 1. The Balaban J connectivity index is 2.56. The van der Waals surface area contributed by atoms with Gasteiger partial charge in [0.05, 0.1) is 18.8 Å². The van der Waals surface area contributed by atoms with Gasteiger partial charge in [0.2, 0.25) is 0 Å². The van der Waals surface area contributed by atoms with E-state index in [1.807, 2.05) is 13.0 Å². The first kappa shape index (κ1) is 16.0. The van der Waals surface area contributed by atoms with Gasteiger partial charge in [0, 0.05) is 24.5 Å². The molecule has 0 aliphatic heterocycles. The van der Waals surface area contributed by atoms with Crippen LogP contribution >= 0.6 is 0 Å².